The Balaban J connectivity index is 2.17. The van der Waals surface area contributed by atoms with E-state index in [0.717, 1.165) is 19.3 Å². The topological polar surface area (TPSA) is 61.4 Å². The van der Waals surface area contributed by atoms with E-state index < -0.39 is 6.10 Å². The molecule has 1 aliphatic carbocycles. The molecule has 1 saturated carbocycles. The van der Waals surface area contributed by atoms with Crippen LogP contribution in [-0.2, 0) is 4.79 Å². The second kappa shape index (κ2) is 5.83. The van der Waals surface area contributed by atoms with Gasteiger partial charge in [0.05, 0.1) is 12.1 Å². The zero-order valence-corrected chi connectivity index (χ0v) is 11.4. The molecule has 0 bridgehead atoms. The third-order valence-corrected chi connectivity index (χ3v) is 2.82. The lowest BCUT2D eigenvalue weighted by Crippen LogP contribution is -2.45. The van der Waals surface area contributed by atoms with E-state index in [1.54, 1.807) is 0 Å². The van der Waals surface area contributed by atoms with Crippen LogP contribution in [0.1, 0.15) is 47.0 Å². The maximum Gasteiger partial charge on any atom is 0.237 e. The van der Waals surface area contributed by atoms with E-state index in [9.17, 15) is 9.90 Å². The van der Waals surface area contributed by atoms with Crippen molar-refractivity contribution >= 4 is 5.91 Å². The van der Waals surface area contributed by atoms with Crippen LogP contribution in [0.3, 0.4) is 0 Å². The molecule has 1 rings (SSSR count). The first-order valence-corrected chi connectivity index (χ1v) is 6.50. The Labute approximate surface area is 104 Å². The number of carbonyl (C=O) groups is 1. The fourth-order valence-electron chi connectivity index (χ4n) is 1.74. The summed E-state index contributed by atoms with van der Waals surface area (Å²) in [4.78, 5) is 11.6. The molecule has 0 heterocycles. The molecule has 1 fully saturated rings. The summed E-state index contributed by atoms with van der Waals surface area (Å²) in [6.07, 6.45) is 2.54. The predicted molar refractivity (Wildman–Crippen MR) is 68.7 cm³/mol. The number of hydrogen-bond acceptors (Lipinski definition) is 3. The summed E-state index contributed by atoms with van der Waals surface area (Å²) in [7, 11) is 0. The molecule has 2 atom stereocenters. The number of nitrogens with one attached hydrogen (secondary N) is 2. The predicted octanol–water partition coefficient (Wildman–Crippen LogP) is 1.04. The van der Waals surface area contributed by atoms with Crippen LogP contribution in [0.5, 0.6) is 0 Å². The summed E-state index contributed by atoms with van der Waals surface area (Å²) in [5.41, 5.74) is 0.112. The molecule has 0 aromatic heterocycles. The van der Waals surface area contributed by atoms with Gasteiger partial charge in [0.25, 0.3) is 0 Å². The maximum atomic E-state index is 11.6. The van der Waals surface area contributed by atoms with Gasteiger partial charge in [0.1, 0.15) is 0 Å². The zero-order valence-electron chi connectivity index (χ0n) is 11.4. The number of aliphatic hydroxyl groups excluding tert-OH is 1. The molecule has 100 valence electrons. The summed E-state index contributed by atoms with van der Waals surface area (Å²) < 4.78 is 0. The van der Waals surface area contributed by atoms with E-state index in [1.807, 2.05) is 6.92 Å². The third kappa shape index (κ3) is 6.64. The van der Waals surface area contributed by atoms with Crippen molar-refractivity contribution in [3.63, 3.8) is 0 Å². The van der Waals surface area contributed by atoms with Crippen molar-refractivity contribution < 1.29 is 9.90 Å². The van der Waals surface area contributed by atoms with E-state index in [0.29, 0.717) is 12.6 Å². The minimum atomic E-state index is -0.397. The van der Waals surface area contributed by atoms with Gasteiger partial charge in [-0.3, -0.25) is 4.79 Å². The van der Waals surface area contributed by atoms with Crippen LogP contribution in [-0.4, -0.2) is 35.7 Å². The smallest absolute Gasteiger partial charge is 0.237 e. The molecule has 1 amide bonds. The lowest BCUT2D eigenvalue weighted by Gasteiger charge is -2.23. The largest absolute Gasteiger partial charge is 0.392 e. The first kappa shape index (κ1) is 14.5. The Morgan fingerprint density at radius 1 is 1.41 bits per heavy atom. The van der Waals surface area contributed by atoms with Crippen LogP contribution < -0.4 is 10.6 Å². The normalized spacial score (nSPS) is 19.8. The molecular formula is C13H26N2O2. The van der Waals surface area contributed by atoms with E-state index in [-0.39, 0.29) is 17.4 Å². The minimum Gasteiger partial charge on any atom is -0.392 e. The standard InChI is InChI=1S/C13H26N2O2/c1-9(12(17)15-10-5-6-10)14-8-11(16)7-13(2,3)4/h9-11,14,16H,5-8H2,1-4H3,(H,15,17). The Bertz CT molecular complexity index is 257. The average molecular weight is 242 g/mol. The third-order valence-electron chi connectivity index (χ3n) is 2.82. The fraction of sp³-hybridized carbons (Fsp3) is 0.923. The highest BCUT2D eigenvalue weighted by Crippen LogP contribution is 2.20. The van der Waals surface area contributed by atoms with Crippen molar-refractivity contribution in [2.75, 3.05) is 6.54 Å². The number of aliphatic hydroxyl groups is 1. The zero-order chi connectivity index (χ0) is 13.1. The van der Waals surface area contributed by atoms with Gasteiger partial charge in [0, 0.05) is 12.6 Å². The van der Waals surface area contributed by atoms with Crippen LogP contribution >= 0.6 is 0 Å². The first-order valence-electron chi connectivity index (χ1n) is 6.50. The summed E-state index contributed by atoms with van der Waals surface area (Å²) in [6.45, 7) is 8.59. The van der Waals surface area contributed by atoms with Crippen LogP contribution in [0.25, 0.3) is 0 Å². The van der Waals surface area contributed by atoms with Crippen molar-refractivity contribution in [3.05, 3.63) is 0 Å². The lowest BCUT2D eigenvalue weighted by atomic mass is 9.89. The highest BCUT2D eigenvalue weighted by molar-refractivity contribution is 5.81. The van der Waals surface area contributed by atoms with Crippen LogP contribution in [0.4, 0.5) is 0 Å². The minimum absolute atomic E-state index is 0.0375. The molecule has 0 aromatic rings. The van der Waals surface area contributed by atoms with Gasteiger partial charge in [-0.15, -0.1) is 0 Å². The van der Waals surface area contributed by atoms with Crippen LogP contribution in [0.2, 0.25) is 0 Å². The molecule has 1 aliphatic rings. The van der Waals surface area contributed by atoms with Crippen molar-refractivity contribution in [2.45, 2.75) is 65.1 Å². The summed E-state index contributed by atoms with van der Waals surface area (Å²) in [5.74, 6) is 0.0375. The molecular weight excluding hydrogens is 216 g/mol. The van der Waals surface area contributed by atoms with Crippen LogP contribution in [0, 0.1) is 5.41 Å². The van der Waals surface area contributed by atoms with Crippen molar-refractivity contribution in [1.82, 2.24) is 10.6 Å². The quantitative estimate of drug-likeness (QED) is 0.652. The molecule has 4 heteroatoms. The van der Waals surface area contributed by atoms with E-state index in [2.05, 4.69) is 31.4 Å². The number of amides is 1. The maximum absolute atomic E-state index is 11.6. The number of carbonyl (C=O) groups excluding carboxylic acids is 1. The fourth-order valence-corrected chi connectivity index (χ4v) is 1.74. The Morgan fingerprint density at radius 3 is 2.47 bits per heavy atom. The van der Waals surface area contributed by atoms with Gasteiger partial charge in [-0.25, -0.2) is 0 Å². The van der Waals surface area contributed by atoms with Crippen molar-refractivity contribution in [1.29, 1.82) is 0 Å². The lowest BCUT2D eigenvalue weighted by molar-refractivity contribution is -0.123. The Hall–Kier alpha value is -0.610. The molecule has 4 nitrogen and oxygen atoms in total. The average Bonchev–Trinajstić information content (AvgIpc) is 2.95. The van der Waals surface area contributed by atoms with E-state index >= 15 is 0 Å². The van der Waals surface area contributed by atoms with Gasteiger partial charge in [-0.1, -0.05) is 20.8 Å². The van der Waals surface area contributed by atoms with Crippen molar-refractivity contribution in [2.24, 2.45) is 5.41 Å². The Morgan fingerprint density at radius 2 is 2.00 bits per heavy atom. The molecule has 0 aliphatic heterocycles. The summed E-state index contributed by atoms with van der Waals surface area (Å²) in [6, 6.07) is 0.163. The molecule has 17 heavy (non-hydrogen) atoms. The molecule has 0 aromatic carbocycles. The second-order valence-electron chi connectivity index (χ2n) is 6.33. The highest BCUT2D eigenvalue weighted by Gasteiger charge is 2.25. The number of rotatable bonds is 6. The van der Waals surface area contributed by atoms with Gasteiger partial charge < -0.3 is 15.7 Å². The summed E-state index contributed by atoms with van der Waals surface area (Å²) in [5, 5.41) is 15.8. The highest BCUT2D eigenvalue weighted by atomic mass is 16.3. The SMILES string of the molecule is CC(NCC(O)CC(C)(C)C)C(=O)NC1CC1. The molecule has 0 spiro atoms. The Kier molecular flexibility index (Phi) is 4.95. The molecule has 0 radical (unpaired) electrons. The molecule has 0 saturated heterocycles. The molecule has 2 unspecified atom stereocenters. The molecule has 3 N–H and O–H groups in total. The van der Waals surface area contributed by atoms with Gasteiger partial charge in [-0.05, 0) is 31.6 Å². The monoisotopic (exact) mass is 242 g/mol. The van der Waals surface area contributed by atoms with E-state index in [1.165, 1.54) is 0 Å². The first-order chi connectivity index (χ1) is 7.78. The van der Waals surface area contributed by atoms with Crippen molar-refractivity contribution in [3.8, 4) is 0 Å². The van der Waals surface area contributed by atoms with Gasteiger partial charge >= 0.3 is 0 Å². The van der Waals surface area contributed by atoms with E-state index in [4.69, 9.17) is 0 Å². The summed E-state index contributed by atoms with van der Waals surface area (Å²) >= 11 is 0. The number of hydrogen-bond donors (Lipinski definition) is 3. The van der Waals surface area contributed by atoms with Crippen LogP contribution in [0.15, 0.2) is 0 Å². The van der Waals surface area contributed by atoms with Gasteiger partial charge in [-0.2, -0.15) is 0 Å². The van der Waals surface area contributed by atoms with Gasteiger partial charge in [0.2, 0.25) is 5.91 Å². The van der Waals surface area contributed by atoms with Gasteiger partial charge in [0.15, 0.2) is 0 Å². The second-order valence-corrected chi connectivity index (χ2v) is 6.33.